The Bertz CT molecular complexity index is 744. The van der Waals surface area contributed by atoms with Gasteiger partial charge in [0.15, 0.2) is 11.6 Å². The first-order chi connectivity index (χ1) is 10.8. The second-order valence-electron chi connectivity index (χ2n) is 4.91. The number of carbonyl (C=O) groups is 2. The summed E-state index contributed by atoms with van der Waals surface area (Å²) >= 11 is 2.84. The SMILES string of the molecule is O=C(CC(C(=O)c1cccs1)c1ccccc1)c1cccs1. The smallest absolute Gasteiger partial charge is 0.180 e. The minimum atomic E-state index is -0.422. The molecule has 1 aromatic carbocycles. The van der Waals surface area contributed by atoms with Gasteiger partial charge in [-0.3, -0.25) is 9.59 Å². The van der Waals surface area contributed by atoms with Gasteiger partial charge in [-0.15, -0.1) is 22.7 Å². The van der Waals surface area contributed by atoms with Crippen molar-refractivity contribution in [3.8, 4) is 0 Å². The first kappa shape index (κ1) is 14.9. The molecule has 4 heteroatoms. The average Bonchev–Trinajstić information content (AvgIpc) is 3.25. The van der Waals surface area contributed by atoms with Crippen LogP contribution in [0.3, 0.4) is 0 Å². The van der Waals surface area contributed by atoms with Gasteiger partial charge in [0.25, 0.3) is 0 Å². The molecule has 0 bridgehead atoms. The Balaban J connectivity index is 1.90. The molecular formula is C18H14O2S2. The minimum Gasteiger partial charge on any atom is -0.293 e. The summed E-state index contributed by atoms with van der Waals surface area (Å²) in [4.78, 5) is 26.6. The summed E-state index contributed by atoms with van der Waals surface area (Å²) in [5, 5.41) is 3.77. The maximum Gasteiger partial charge on any atom is 0.180 e. The summed E-state index contributed by atoms with van der Waals surface area (Å²) < 4.78 is 0. The summed E-state index contributed by atoms with van der Waals surface area (Å²) in [5.74, 6) is -0.380. The fourth-order valence-electron chi connectivity index (χ4n) is 2.36. The van der Waals surface area contributed by atoms with Gasteiger partial charge in [0.05, 0.1) is 15.7 Å². The first-order valence-electron chi connectivity index (χ1n) is 6.95. The van der Waals surface area contributed by atoms with Crippen molar-refractivity contribution in [2.24, 2.45) is 0 Å². The Morgan fingerprint density at radius 1 is 0.818 bits per heavy atom. The van der Waals surface area contributed by atoms with E-state index in [1.54, 1.807) is 0 Å². The van der Waals surface area contributed by atoms with Crippen LogP contribution in [0.4, 0.5) is 0 Å². The highest BCUT2D eigenvalue weighted by Crippen LogP contribution is 2.28. The molecule has 0 radical (unpaired) electrons. The van der Waals surface area contributed by atoms with Crippen molar-refractivity contribution in [3.05, 3.63) is 80.7 Å². The van der Waals surface area contributed by atoms with E-state index in [-0.39, 0.29) is 18.0 Å². The molecule has 2 heterocycles. The molecule has 3 rings (SSSR count). The standard InChI is InChI=1S/C18H14O2S2/c19-15(16-8-4-10-21-16)12-14(13-6-2-1-3-7-13)18(20)17-9-5-11-22-17/h1-11,14H,12H2. The zero-order chi connectivity index (χ0) is 15.4. The molecule has 110 valence electrons. The molecule has 0 aliphatic rings. The molecule has 0 amide bonds. The third-order valence-electron chi connectivity index (χ3n) is 3.47. The van der Waals surface area contributed by atoms with Crippen LogP contribution in [0.1, 0.15) is 37.2 Å². The maximum absolute atomic E-state index is 12.8. The summed E-state index contributed by atoms with van der Waals surface area (Å²) in [6, 6.07) is 16.9. The Kier molecular flexibility index (Phi) is 4.61. The van der Waals surface area contributed by atoms with Gasteiger partial charge in [-0.1, -0.05) is 42.5 Å². The number of hydrogen-bond acceptors (Lipinski definition) is 4. The van der Waals surface area contributed by atoms with Gasteiger partial charge in [-0.05, 0) is 28.5 Å². The van der Waals surface area contributed by atoms with E-state index < -0.39 is 5.92 Å². The third-order valence-corrected chi connectivity index (χ3v) is 5.26. The van der Waals surface area contributed by atoms with Gasteiger partial charge in [0.2, 0.25) is 0 Å². The van der Waals surface area contributed by atoms with Gasteiger partial charge in [-0.2, -0.15) is 0 Å². The molecule has 1 atom stereocenters. The first-order valence-corrected chi connectivity index (χ1v) is 8.71. The van der Waals surface area contributed by atoms with Crippen molar-refractivity contribution in [1.29, 1.82) is 0 Å². The molecule has 0 saturated carbocycles. The quantitative estimate of drug-likeness (QED) is 0.594. The van der Waals surface area contributed by atoms with Crippen LogP contribution in [-0.4, -0.2) is 11.6 Å². The lowest BCUT2D eigenvalue weighted by Gasteiger charge is -2.14. The third kappa shape index (κ3) is 3.24. The predicted molar refractivity (Wildman–Crippen MR) is 91.1 cm³/mol. The van der Waals surface area contributed by atoms with Crippen LogP contribution in [0, 0.1) is 0 Å². The van der Waals surface area contributed by atoms with E-state index in [1.165, 1.54) is 22.7 Å². The van der Waals surface area contributed by atoms with E-state index in [0.29, 0.717) is 9.75 Å². The highest BCUT2D eigenvalue weighted by atomic mass is 32.1. The second-order valence-corrected chi connectivity index (χ2v) is 6.80. The Hall–Kier alpha value is -2.04. The predicted octanol–water partition coefficient (Wildman–Crippen LogP) is 5.05. The zero-order valence-electron chi connectivity index (χ0n) is 11.8. The van der Waals surface area contributed by atoms with E-state index in [1.807, 2.05) is 65.4 Å². The fraction of sp³-hybridized carbons (Fsp3) is 0.111. The lowest BCUT2D eigenvalue weighted by atomic mass is 9.89. The molecule has 22 heavy (non-hydrogen) atoms. The molecule has 0 N–H and O–H groups in total. The number of benzene rings is 1. The topological polar surface area (TPSA) is 34.1 Å². The van der Waals surface area contributed by atoms with Crippen molar-refractivity contribution >= 4 is 34.2 Å². The number of ketones is 2. The summed E-state index contributed by atoms with van der Waals surface area (Å²) in [7, 11) is 0. The van der Waals surface area contributed by atoms with E-state index >= 15 is 0 Å². The summed E-state index contributed by atoms with van der Waals surface area (Å²) in [6.45, 7) is 0. The van der Waals surface area contributed by atoms with Crippen LogP contribution in [0.5, 0.6) is 0 Å². The number of hydrogen-bond donors (Lipinski definition) is 0. The van der Waals surface area contributed by atoms with Gasteiger partial charge >= 0.3 is 0 Å². The Morgan fingerprint density at radius 2 is 1.45 bits per heavy atom. The van der Waals surface area contributed by atoms with Crippen LogP contribution in [-0.2, 0) is 0 Å². The van der Waals surface area contributed by atoms with Crippen molar-refractivity contribution < 1.29 is 9.59 Å². The Morgan fingerprint density at radius 3 is 2.05 bits per heavy atom. The monoisotopic (exact) mass is 326 g/mol. The molecule has 2 nitrogen and oxygen atoms in total. The Labute approximate surface area is 137 Å². The van der Waals surface area contributed by atoms with Crippen LogP contribution in [0.2, 0.25) is 0 Å². The van der Waals surface area contributed by atoms with Gasteiger partial charge in [0, 0.05) is 6.42 Å². The highest BCUT2D eigenvalue weighted by Gasteiger charge is 2.26. The van der Waals surface area contributed by atoms with Crippen molar-refractivity contribution in [2.45, 2.75) is 12.3 Å². The zero-order valence-corrected chi connectivity index (χ0v) is 13.4. The summed E-state index contributed by atoms with van der Waals surface area (Å²) in [6.07, 6.45) is 0.210. The lowest BCUT2D eigenvalue weighted by molar-refractivity contribution is 0.0897. The van der Waals surface area contributed by atoms with E-state index in [2.05, 4.69) is 0 Å². The van der Waals surface area contributed by atoms with Crippen LogP contribution < -0.4 is 0 Å². The van der Waals surface area contributed by atoms with Crippen molar-refractivity contribution in [2.75, 3.05) is 0 Å². The fourth-order valence-corrected chi connectivity index (χ4v) is 3.76. The molecule has 0 aliphatic heterocycles. The molecule has 1 unspecified atom stereocenters. The largest absolute Gasteiger partial charge is 0.293 e. The molecule has 0 aliphatic carbocycles. The normalized spacial score (nSPS) is 12.0. The number of thiophene rings is 2. The van der Waals surface area contributed by atoms with Crippen LogP contribution in [0.15, 0.2) is 65.4 Å². The summed E-state index contributed by atoms with van der Waals surface area (Å²) in [5.41, 5.74) is 0.894. The molecule has 3 aromatic rings. The van der Waals surface area contributed by atoms with Crippen LogP contribution in [0.25, 0.3) is 0 Å². The van der Waals surface area contributed by atoms with Crippen molar-refractivity contribution in [1.82, 2.24) is 0 Å². The van der Waals surface area contributed by atoms with E-state index in [9.17, 15) is 9.59 Å². The van der Waals surface area contributed by atoms with Crippen LogP contribution >= 0.6 is 22.7 Å². The average molecular weight is 326 g/mol. The molecule has 2 aromatic heterocycles. The number of carbonyl (C=O) groups excluding carboxylic acids is 2. The maximum atomic E-state index is 12.8. The molecular weight excluding hydrogens is 312 g/mol. The van der Waals surface area contributed by atoms with Gasteiger partial charge in [0.1, 0.15) is 0 Å². The minimum absolute atomic E-state index is 0.0195. The van der Waals surface area contributed by atoms with E-state index in [0.717, 1.165) is 5.56 Å². The molecule has 0 saturated heterocycles. The number of rotatable bonds is 6. The molecule has 0 spiro atoms. The lowest BCUT2D eigenvalue weighted by Crippen LogP contribution is -2.16. The van der Waals surface area contributed by atoms with E-state index in [4.69, 9.17) is 0 Å². The van der Waals surface area contributed by atoms with Crippen molar-refractivity contribution in [3.63, 3.8) is 0 Å². The second kappa shape index (κ2) is 6.81. The number of Topliss-reactive ketones (excluding diaryl/α,β-unsaturated/α-hetero) is 2. The van der Waals surface area contributed by atoms with Gasteiger partial charge in [-0.25, -0.2) is 0 Å². The van der Waals surface area contributed by atoms with Gasteiger partial charge < -0.3 is 0 Å². The highest BCUT2D eigenvalue weighted by molar-refractivity contribution is 7.12. The molecule has 0 fully saturated rings.